The summed E-state index contributed by atoms with van der Waals surface area (Å²) in [6, 6.07) is -0.456. The molecule has 0 aliphatic heterocycles. The van der Waals surface area contributed by atoms with Crippen molar-refractivity contribution in [2.75, 3.05) is 13.1 Å². The van der Waals surface area contributed by atoms with Crippen molar-refractivity contribution < 1.29 is 39.5 Å². The second kappa shape index (κ2) is 26.7. The molecule has 0 aromatic carbocycles. The van der Waals surface area contributed by atoms with Crippen LogP contribution in [-0.2, 0) is 4.79 Å². The number of carboxylic acids is 1. The molecular weight excluding hydrogens is 393 g/mol. The number of nitrogens with zero attached hydrogens (tertiary/aromatic N) is 1. The van der Waals surface area contributed by atoms with Gasteiger partial charge in [-0.15, -0.1) is 0 Å². The second-order valence-corrected chi connectivity index (χ2v) is 9.39. The van der Waals surface area contributed by atoms with Crippen LogP contribution in [-0.4, -0.2) is 30.0 Å². The summed E-state index contributed by atoms with van der Waals surface area (Å²) in [6.07, 6.45) is 26.4. The zero-order chi connectivity index (χ0) is 22.3. The fourth-order valence-electron chi connectivity index (χ4n) is 4.25. The first-order valence-corrected chi connectivity index (χ1v) is 13.6. The Morgan fingerprint density at radius 1 is 0.581 bits per heavy atom. The third kappa shape index (κ3) is 23.4. The molecule has 0 amide bonds. The number of hydrogen-bond donors (Lipinski definition) is 0. The molecule has 0 aromatic rings. The van der Waals surface area contributed by atoms with Gasteiger partial charge in [-0.3, -0.25) is 4.90 Å². The van der Waals surface area contributed by atoms with Crippen molar-refractivity contribution in [3.63, 3.8) is 0 Å². The van der Waals surface area contributed by atoms with E-state index in [-0.39, 0.29) is 29.6 Å². The Morgan fingerprint density at radius 3 is 1.10 bits per heavy atom. The minimum atomic E-state index is -0.922. The van der Waals surface area contributed by atoms with Gasteiger partial charge in [-0.05, 0) is 32.9 Å². The van der Waals surface area contributed by atoms with Gasteiger partial charge in [0.05, 0.1) is 5.97 Å². The summed E-state index contributed by atoms with van der Waals surface area (Å²) < 4.78 is 0. The SMILES string of the molecule is CCCCCCCCCCCCN(CCCCCCCCCCCC)C(C)C(=O)[O-].[Na+]. The molecule has 0 spiro atoms. The van der Waals surface area contributed by atoms with E-state index >= 15 is 0 Å². The number of aliphatic carboxylic acids is 1. The van der Waals surface area contributed by atoms with Crippen molar-refractivity contribution >= 4 is 5.97 Å². The van der Waals surface area contributed by atoms with Gasteiger partial charge in [-0.1, -0.05) is 129 Å². The van der Waals surface area contributed by atoms with E-state index in [4.69, 9.17) is 0 Å². The van der Waals surface area contributed by atoms with E-state index in [1.165, 1.54) is 116 Å². The van der Waals surface area contributed by atoms with Crippen LogP contribution in [0.2, 0.25) is 0 Å². The quantitative estimate of drug-likeness (QED) is 0.164. The van der Waals surface area contributed by atoms with E-state index in [0.29, 0.717) is 0 Å². The van der Waals surface area contributed by atoms with Gasteiger partial charge in [-0.2, -0.15) is 0 Å². The van der Waals surface area contributed by atoms with E-state index in [9.17, 15) is 9.90 Å². The van der Waals surface area contributed by atoms with Crippen LogP contribution >= 0.6 is 0 Å². The van der Waals surface area contributed by atoms with Gasteiger partial charge < -0.3 is 9.90 Å². The van der Waals surface area contributed by atoms with Crippen LogP contribution in [0.1, 0.15) is 149 Å². The molecule has 0 N–H and O–H groups in total. The summed E-state index contributed by atoms with van der Waals surface area (Å²) in [5.74, 6) is -0.922. The first-order chi connectivity index (χ1) is 14.6. The average molecular weight is 448 g/mol. The maximum atomic E-state index is 11.4. The molecule has 0 bridgehead atoms. The monoisotopic (exact) mass is 447 g/mol. The summed E-state index contributed by atoms with van der Waals surface area (Å²) in [6.45, 7) is 8.14. The van der Waals surface area contributed by atoms with Crippen molar-refractivity contribution in [3.8, 4) is 0 Å². The maximum Gasteiger partial charge on any atom is 1.00 e. The Kier molecular flexibility index (Phi) is 28.9. The molecule has 0 aromatic heterocycles. The number of carbonyl (C=O) groups excluding carboxylic acids is 1. The summed E-state index contributed by atoms with van der Waals surface area (Å²) in [4.78, 5) is 13.5. The van der Waals surface area contributed by atoms with Gasteiger partial charge in [0.2, 0.25) is 0 Å². The van der Waals surface area contributed by atoms with E-state index in [0.717, 1.165) is 25.9 Å². The molecular formula is C27H54NNaO2. The Bertz CT molecular complexity index is 341. The molecule has 180 valence electrons. The van der Waals surface area contributed by atoms with Gasteiger partial charge in [-0.25, -0.2) is 0 Å². The Balaban J connectivity index is 0. The molecule has 0 fully saturated rings. The fourth-order valence-corrected chi connectivity index (χ4v) is 4.25. The summed E-state index contributed by atoms with van der Waals surface area (Å²) >= 11 is 0. The molecule has 1 atom stereocenters. The van der Waals surface area contributed by atoms with Crippen LogP contribution < -0.4 is 34.7 Å². The third-order valence-electron chi connectivity index (χ3n) is 6.49. The Morgan fingerprint density at radius 2 is 0.839 bits per heavy atom. The van der Waals surface area contributed by atoms with Crippen LogP contribution in [0.5, 0.6) is 0 Å². The maximum absolute atomic E-state index is 11.4. The first-order valence-electron chi connectivity index (χ1n) is 13.6. The number of rotatable bonds is 24. The number of hydrogen-bond acceptors (Lipinski definition) is 3. The minimum Gasteiger partial charge on any atom is -0.548 e. The Labute approximate surface area is 217 Å². The van der Waals surface area contributed by atoms with Crippen molar-refractivity contribution in [3.05, 3.63) is 0 Å². The van der Waals surface area contributed by atoms with E-state index in [1.807, 2.05) is 0 Å². The molecule has 0 aliphatic rings. The smallest absolute Gasteiger partial charge is 0.548 e. The Hall–Kier alpha value is 0.430. The second-order valence-electron chi connectivity index (χ2n) is 9.39. The molecule has 31 heavy (non-hydrogen) atoms. The normalized spacial score (nSPS) is 12.1. The van der Waals surface area contributed by atoms with Crippen molar-refractivity contribution in [1.29, 1.82) is 0 Å². The molecule has 0 heterocycles. The first kappa shape index (κ1) is 33.6. The van der Waals surface area contributed by atoms with E-state index in [1.54, 1.807) is 6.92 Å². The minimum absolute atomic E-state index is 0. The van der Waals surface area contributed by atoms with Crippen molar-refractivity contribution in [2.45, 2.75) is 155 Å². The summed E-state index contributed by atoms with van der Waals surface area (Å²) in [7, 11) is 0. The van der Waals surface area contributed by atoms with Gasteiger partial charge >= 0.3 is 29.6 Å². The molecule has 0 saturated heterocycles. The third-order valence-corrected chi connectivity index (χ3v) is 6.49. The molecule has 0 aliphatic carbocycles. The number of carboxylic acid groups (broad SMARTS) is 1. The molecule has 1 unspecified atom stereocenters. The van der Waals surface area contributed by atoms with Crippen LogP contribution in [0.25, 0.3) is 0 Å². The fraction of sp³-hybridized carbons (Fsp3) is 0.963. The average Bonchev–Trinajstić information content (AvgIpc) is 2.74. The molecule has 4 heteroatoms. The topological polar surface area (TPSA) is 43.4 Å². The van der Waals surface area contributed by atoms with Crippen molar-refractivity contribution in [1.82, 2.24) is 4.90 Å². The zero-order valence-corrected chi connectivity index (χ0v) is 23.9. The van der Waals surface area contributed by atoms with E-state index < -0.39 is 12.0 Å². The predicted octanol–water partition coefficient (Wildman–Crippen LogP) is 4.27. The zero-order valence-electron chi connectivity index (χ0n) is 21.9. The van der Waals surface area contributed by atoms with Gasteiger partial charge in [0, 0.05) is 6.04 Å². The van der Waals surface area contributed by atoms with Crippen LogP contribution in [0.3, 0.4) is 0 Å². The predicted molar refractivity (Wildman–Crippen MR) is 130 cm³/mol. The van der Waals surface area contributed by atoms with Crippen molar-refractivity contribution in [2.24, 2.45) is 0 Å². The largest absolute Gasteiger partial charge is 1.00 e. The van der Waals surface area contributed by atoms with Gasteiger partial charge in [0.15, 0.2) is 0 Å². The summed E-state index contributed by atoms with van der Waals surface area (Å²) in [5.41, 5.74) is 0. The molecule has 3 nitrogen and oxygen atoms in total. The van der Waals surface area contributed by atoms with Crippen LogP contribution in [0, 0.1) is 0 Å². The molecule has 0 rings (SSSR count). The number of carbonyl (C=O) groups is 1. The van der Waals surface area contributed by atoms with Crippen LogP contribution in [0.4, 0.5) is 0 Å². The molecule has 0 saturated carbocycles. The molecule has 0 radical (unpaired) electrons. The van der Waals surface area contributed by atoms with Gasteiger partial charge in [0.1, 0.15) is 0 Å². The van der Waals surface area contributed by atoms with E-state index in [2.05, 4.69) is 18.7 Å². The summed E-state index contributed by atoms with van der Waals surface area (Å²) in [5, 5.41) is 11.4. The standard InChI is InChI=1S/C27H55NO2.Na/c1-4-6-8-10-12-14-16-18-20-22-24-28(26(3)27(29)30)25-23-21-19-17-15-13-11-9-7-5-2;/h26H,4-25H2,1-3H3,(H,29,30);/q;+1/p-1. The van der Waals surface area contributed by atoms with Crippen LogP contribution in [0.15, 0.2) is 0 Å². The van der Waals surface area contributed by atoms with Gasteiger partial charge in [0.25, 0.3) is 0 Å². The number of unbranched alkanes of at least 4 members (excludes halogenated alkanes) is 18.